The van der Waals surface area contributed by atoms with Gasteiger partial charge in [-0.15, -0.1) is 0 Å². The number of nitrogens with zero attached hydrogens (tertiary/aromatic N) is 1. The Balaban J connectivity index is 2.77. The average molecular weight is 269 g/mol. The monoisotopic (exact) mass is 269 g/mol. The SMILES string of the molecule is CCC(C)CC(=O)NC1(C(N)=NO)CCCCCC1. The third-order valence-corrected chi connectivity index (χ3v) is 4.16. The number of amides is 1. The Morgan fingerprint density at radius 3 is 2.42 bits per heavy atom. The van der Waals surface area contributed by atoms with Gasteiger partial charge in [0.05, 0.1) is 0 Å². The van der Waals surface area contributed by atoms with Crippen LogP contribution in [-0.2, 0) is 4.79 Å². The van der Waals surface area contributed by atoms with E-state index in [1.54, 1.807) is 0 Å². The van der Waals surface area contributed by atoms with Crippen LogP contribution in [0.4, 0.5) is 0 Å². The molecule has 0 heterocycles. The lowest BCUT2D eigenvalue weighted by Gasteiger charge is -2.33. The number of amidine groups is 1. The maximum atomic E-state index is 12.1. The maximum absolute atomic E-state index is 12.1. The number of nitrogens with two attached hydrogens (primary N) is 1. The lowest BCUT2D eigenvalue weighted by atomic mass is 9.88. The summed E-state index contributed by atoms with van der Waals surface area (Å²) >= 11 is 0. The predicted molar refractivity (Wildman–Crippen MR) is 76.1 cm³/mol. The van der Waals surface area contributed by atoms with Gasteiger partial charge in [-0.3, -0.25) is 4.79 Å². The van der Waals surface area contributed by atoms with Crippen molar-refractivity contribution >= 4 is 11.7 Å². The van der Waals surface area contributed by atoms with Gasteiger partial charge in [-0.05, 0) is 18.8 Å². The fraction of sp³-hybridized carbons (Fsp3) is 0.857. The van der Waals surface area contributed by atoms with E-state index in [2.05, 4.69) is 24.3 Å². The molecule has 1 aliphatic rings. The molecule has 0 aromatic heterocycles. The summed E-state index contributed by atoms with van der Waals surface area (Å²) in [5.41, 5.74) is 5.21. The van der Waals surface area contributed by atoms with Crippen molar-refractivity contribution in [3.05, 3.63) is 0 Å². The summed E-state index contributed by atoms with van der Waals surface area (Å²) in [7, 11) is 0. The highest BCUT2D eigenvalue weighted by molar-refractivity contribution is 5.93. The summed E-state index contributed by atoms with van der Waals surface area (Å²) in [4.78, 5) is 12.1. The third-order valence-electron chi connectivity index (χ3n) is 4.16. The molecular weight excluding hydrogens is 242 g/mol. The Kier molecular flexibility index (Phi) is 6.12. The quantitative estimate of drug-likeness (QED) is 0.235. The molecule has 4 N–H and O–H groups in total. The van der Waals surface area contributed by atoms with Crippen molar-refractivity contribution in [2.24, 2.45) is 16.8 Å². The summed E-state index contributed by atoms with van der Waals surface area (Å²) < 4.78 is 0. The molecule has 19 heavy (non-hydrogen) atoms. The van der Waals surface area contributed by atoms with Crippen molar-refractivity contribution in [1.29, 1.82) is 0 Å². The molecule has 1 unspecified atom stereocenters. The van der Waals surface area contributed by atoms with E-state index in [1.807, 2.05) is 0 Å². The van der Waals surface area contributed by atoms with Crippen LogP contribution in [0.3, 0.4) is 0 Å². The standard InChI is InChI=1S/C14H27N3O2/c1-3-11(2)10-12(18)16-14(13(15)17-19)8-6-4-5-7-9-14/h11,19H,3-10H2,1-2H3,(H2,15,17)(H,16,18). The normalized spacial score (nSPS) is 21.5. The molecule has 1 fully saturated rings. The van der Waals surface area contributed by atoms with Crippen molar-refractivity contribution < 1.29 is 10.0 Å². The van der Waals surface area contributed by atoms with Crippen LogP contribution in [0.25, 0.3) is 0 Å². The van der Waals surface area contributed by atoms with E-state index in [0.717, 1.165) is 44.9 Å². The van der Waals surface area contributed by atoms with Crippen LogP contribution in [0, 0.1) is 5.92 Å². The molecule has 0 saturated heterocycles. The van der Waals surface area contributed by atoms with Crippen molar-refractivity contribution in [3.63, 3.8) is 0 Å². The van der Waals surface area contributed by atoms with E-state index in [9.17, 15) is 4.79 Å². The van der Waals surface area contributed by atoms with Crippen LogP contribution in [0.5, 0.6) is 0 Å². The van der Waals surface area contributed by atoms with Crippen LogP contribution in [0.15, 0.2) is 5.16 Å². The Labute approximate surface area is 115 Å². The first kappa shape index (κ1) is 15.8. The number of nitrogens with one attached hydrogen (secondary N) is 1. The van der Waals surface area contributed by atoms with Gasteiger partial charge in [-0.2, -0.15) is 0 Å². The number of rotatable bonds is 5. The second kappa shape index (κ2) is 7.36. The van der Waals surface area contributed by atoms with Crippen molar-refractivity contribution in [3.8, 4) is 0 Å². The minimum Gasteiger partial charge on any atom is -0.409 e. The zero-order chi connectivity index (χ0) is 14.3. The van der Waals surface area contributed by atoms with Crippen LogP contribution in [-0.4, -0.2) is 22.5 Å². The number of carbonyl (C=O) groups excluding carboxylic acids is 1. The molecule has 1 saturated carbocycles. The smallest absolute Gasteiger partial charge is 0.221 e. The first-order valence-corrected chi connectivity index (χ1v) is 7.33. The highest BCUT2D eigenvalue weighted by Crippen LogP contribution is 2.28. The molecule has 0 aromatic rings. The molecular formula is C14H27N3O2. The summed E-state index contributed by atoms with van der Waals surface area (Å²) in [6, 6.07) is 0. The van der Waals surface area contributed by atoms with E-state index in [4.69, 9.17) is 10.9 Å². The van der Waals surface area contributed by atoms with Crippen LogP contribution in [0.1, 0.15) is 65.2 Å². The molecule has 110 valence electrons. The van der Waals surface area contributed by atoms with Gasteiger partial charge in [-0.25, -0.2) is 0 Å². The molecule has 1 amide bonds. The molecule has 0 aromatic carbocycles. The molecule has 0 spiro atoms. The summed E-state index contributed by atoms with van der Waals surface area (Å²) in [6.45, 7) is 4.13. The lowest BCUT2D eigenvalue weighted by Crippen LogP contribution is -2.57. The van der Waals surface area contributed by atoms with Crippen LogP contribution in [0.2, 0.25) is 0 Å². The lowest BCUT2D eigenvalue weighted by molar-refractivity contribution is -0.123. The highest BCUT2D eigenvalue weighted by Gasteiger charge is 2.37. The van der Waals surface area contributed by atoms with Crippen molar-refractivity contribution in [2.45, 2.75) is 70.8 Å². The minimum atomic E-state index is -0.643. The number of carbonyl (C=O) groups is 1. The Bertz CT molecular complexity index is 321. The van der Waals surface area contributed by atoms with E-state index >= 15 is 0 Å². The Morgan fingerprint density at radius 2 is 1.95 bits per heavy atom. The van der Waals surface area contributed by atoms with Gasteiger partial charge in [-0.1, -0.05) is 51.1 Å². The Hall–Kier alpha value is -1.26. The maximum Gasteiger partial charge on any atom is 0.221 e. The van der Waals surface area contributed by atoms with Gasteiger partial charge in [0.25, 0.3) is 0 Å². The molecule has 1 aliphatic carbocycles. The average Bonchev–Trinajstić information content (AvgIpc) is 2.63. The molecule has 5 heteroatoms. The second-order valence-electron chi connectivity index (χ2n) is 5.75. The predicted octanol–water partition coefficient (Wildman–Crippen LogP) is 2.38. The highest BCUT2D eigenvalue weighted by atomic mass is 16.4. The first-order valence-electron chi connectivity index (χ1n) is 7.33. The molecule has 1 atom stereocenters. The van der Waals surface area contributed by atoms with Gasteiger partial charge < -0.3 is 16.3 Å². The molecule has 0 bridgehead atoms. The first-order chi connectivity index (χ1) is 9.04. The van der Waals surface area contributed by atoms with Gasteiger partial charge in [0.1, 0.15) is 5.54 Å². The zero-order valence-electron chi connectivity index (χ0n) is 12.1. The minimum absolute atomic E-state index is 0.00264. The fourth-order valence-corrected chi connectivity index (χ4v) is 2.65. The fourth-order valence-electron chi connectivity index (χ4n) is 2.65. The van der Waals surface area contributed by atoms with E-state index < -0.39 is 5.54 Å². The van der Waals surface area contributed by atoms with Gasteiger partial charge in [0.2, 0.25) is 5.91 Å². The molecule has 0 aliphatic heterocycles. The number of hydrogen-bond donors (Lipinski definition) is 3. The Morgan fingerprint density at radius 1 is 1.37 bits per heavy atom. The van der Waals surface area contributed by atoms with Gasteiger partial charge in [0, 0.05) is 6.42 Å². The van der Waals surface area contributed by atoms with Crippen molar-refractivity contribution in [1.82, 2.24) is 5.32 Å². The topological polar surface area (TPSA) is 87.7 Å². The second-order valence-corrected chi connectivity index (χ2v) is 5.75. The van der Waals surface area contributed by atoms with E-state index in [1.165, 1.54) is 0 Å². The summed E-state index contributed by atoms with van der Waals surface area (Å²) in [6.07, 6.45) is 7.27. The third kappa shape index (κ3) is 4.40. The molecule has 1 rings (SSSR count). The number of oxime groups is 1. The molecule has 5 nitrogen and oxygen atoms in total. The molecule has 0 radical (unpaired) electrons. The largest absolute Gasteiger partial charge is 0.409 e. The van der Waals surface area contributed by atoms with Crippen LogP contribution >= 0.6 is 0 Å². The summed E-state index contributed by atoms with van der Waals surface area (Å²) in [5.74, 6) is 0.505. The van der Waals surface area contributed by atoms with Gasteiger partial charge >= 0.3 is 0 Å². The van der Waals surface area contributed by atoms with Crippen LogP contribution < -0.4 is 11.1 Å². The zero-order valence-corrected chi connectivity index (χ0v) is 12.1. The van der Waals surface area contributed by atoms with Gasteiger partial charge in [0.15, 0.2) is 5.84 Å². The van der Waals surface area contributed by atoms with E-state index in [0.29, 0.717) is 12.3 Å². The summed E-state index contributed by atoms with van der Waals surface area (Å²) in [5, 5.41) is 15.2. The number of hydrogen-bond acceptors (Lipinski definition) is 3. The van der Waals surface area contributed by atoms with Crippen molar-refractivity contribution in [2.75, 3.05) is 0 Å². The van der Waals surface area contributed by atoms with E-state index in [-0.39, 0.29) is 11.7 Å².